The molecule has 1 aromatic carbocycles. The second-order valence-corrected chi connectivity index (χ2v) is 6.06. The van der Waals surface area contributed by atoms with E-state index >= 15 is 0 Å². The number of rotatable bonds is 4. The van der Waals surface area contributed by atoms with Crippen LogP contribution >= 0.6 is 22.6 Å². The van der Waals surface area contributed by atoms with Crippen molar-refractivity contribution < 1.29 is 0 Å². The average molecular weight is 317 g/mol. The summed E-state index contributed by atoms with van der Waals surface area (Å²) in [5.74, 6) is 0.613. The van der Waals surface area contributed by atoms with Gasteiger partial charge in [0.15, 0.2) is 0 Å². The van der Waals surface area contributed by atoms with Crippen LogP contribution in [-0.2, 0) is 6.42 Å². The summed E-state index contributed by atoms with van der Waals surface area (Å²) < 4.78 is 1.29. The van der Waals surface area contributed by atoms with E-state index < -0.39 is 0 Å². The van der Waals surface area contributed by atoms with Crippen LogP contribution in [0.1, 0.15) is 26.3 Å². The van der Waals surface area contributed by atoms with Crippen LogP contribution in [0.25, 0.3) is 0 Å². The monoisotopic (exact) mass is 317 g/mol. The van der Waals surface area contributed by atoms with Crippen molar-refractivity contribution in [2.24, 2.45) is 17.1 Å². The zero-order valence-corrected chi connectivity index (χ0v) is 11.9. The van der Waals surface area contributed by atoms with Gasteiger partial charge in [0.05, 0.1) is 0 Å². The molecule has 15 heavy (non-hydrogen) atoms. The molecule has 1 aromatic rings. The number of halogens is 1. The van der Waals surface area contributed by atoms with E-state index in [1.165, 1.54) is 9.13 Å². The molecule has 1 rings (SSSR count). The molecule has 1 unspecified atom stereocenters. The van der Waals surface area contributed by atoms with Crippen LogP contribution in [0.2, 0.25) is 0 Å². The lowest BCUT2D eigenvalue weighted by Crippen LogP contribution is -2.34. The average Bonchev–Trinajstić information content (AvgIpc) is 2.21. The molecule has 1 nitrogen and oxygen atoms in total. The Bertz CT molecular complexity index is 305. The Morgan fingerprint density at radius 3 is 2.20 bits per heavy atom. The van der Waals surface area contributed by atoms with Crippen LogP contribution in [0.4, 0.5) is 0 Å². The van der Waals surface area contributed by atoms with Crippen LogP contribution in [0.15, 0.2) is 24.3 Å². The minimum absolute atomic E-state index is 0.215. The van der Waals surface area contributed by atoms with Gasteiger partial charge in [-0.3, -0.25) is 0 Å². The van der Waals surface area contributed by atoms with E-state index in [-0.39, 0.29) is 5.41 Å². The van der Waals surface area contributed by atoms with Crippen molar-refractivity contribution in [1.82, 2.24) is 0 Å². The van der Waals surface area contributed by atoms with Crippen molar-refractivity contribution in [3.8, 4) is 0 Å². The Hall–Kier alpha value is -0.0900. The maximum atomic E-state index is 5.88. The van der Waals surface area contributed by atoms with Crippen LogP contribution in [0, 0.1) is 14.9 Å². The van der Waals surface area contributed by atoms with Crippen molar-refractivity contribution in [3.63, 3.8) is 0 Å². The highest BCUT2D eigenvalue weighted by Gasteiger charge is 2.26. The van der Waals surface area contributed by atoms with Gasteiger partial charge in [0.2, 0.25) is 0 Å². The van der Waals surface area contributed by atoms with Crippen molar-refractivity contribution in [2.75, 3.05) is 6.54 Å². The third-order valence-corrected chi connectivity index (χ3v) is 4.10. The predicted octanol–water partition coefficient (Wildman–Crippen LogP) is 3.45. The molecule has 0 saturated carbocycles. The van der Waals surface area contributed by atoms with E-state index in [4.69, 9.17) is 5.73 Å². The van der Waals surface area contributed by atoms with Crippen LogP contribution in [0.5, 0.6) is 0 Å². The Morgan fingerprint density at radius 2 is 1.80 bits per heavy atom. The summed E-state index contributed by atoms with van der Waals surface area (Å²) in [5.41, 5.74) is 7.49. The van der Waals surface area contributed by atoms with Crippen LogP contribution in [-0.4, -0.2) is 6.54 Å². The maximum absolute atomic E-state index is 5.88. The summed E-state index contributed by atoms with van der Waals surface area (Å²) >= 11 is 2.33. The summed E-state index contributed by atoms with van der Waals surface area (Å²) in [6.07, 6.45) is 1.07. The third kappa shape index (κ3) is 3.45. The van der Waals surface area contributed by atoms with Crippen LogP contribution < -0.4 is 5.73 Å². The molecule has 0 saturated heterocycles. The molecule has 1 atom stereocenters. The number of benzene rings is 1. The molecule has 84 valence electrons. The highest BCUT2D eigenvalue weighted by molar-refractivity contribution is 14.1. The molecule has 0 aliphatic rings. The summed E-state index contributed by atoms with van der Waals surface area (Å²) in [5, 5.41) is 0. The predicted molar refractivity (Wildman–Crippen MR) is 74.9 cm³/mol. The van der Waals surface area contributed by atoms with Crippen molar-refractivity contribution in [3.05, 3.63) is 33.4 Å². The van der Waals surface area contributed by atoms with Gasteiger partial charge in [0.25, 0.3) is 0 Å². The van der Waals surface area contributed by atoms with Gasteiger partial charge in [0.1, 0.15) is 0 Å². The lowest BCUT2D eigenvalue weighted by atomic mass is 9.74. The van der Waals surface area contributed by atoms with E-state index in [1.807, 2.05) is 0 Å². The first-order chi connectivity index (χ1) is 6.98. The minimum Gasteiger partial charge on any atom is -0.330 e. The first kappa shape index (κ1) is 13.0. The SMILES string of the molecule is CC(C)C(C)(CN)Cc1ccc(I)cc1. The molecule has 0 aliphatic carbocycles. The topological polar surface area (TPSA) is 26.0 Å². The molecule has 0 fully saturated rings. The van der Waals surface area contributed by atoms with Gasteiger partial charge in [-0.15, -0.1) is 0 Å². The van der Waals surface area contributed by atoms with Gasteiger partial charge in [-0.1, -0.05) is 32.9 Å². The van der Waals surface area contributed by atoms with Gasteiger partial charge in [0, 0.05) is 3.57 Å². The van der Waals surface area contributed by atoms with E-state index in [1.54, 1.807) is 0 Å². The standard InChI is InChI=1S/C13H20IN/c1-10(2)13(3,9-15)8-11-4-6-12(14)7-5-11/h4-7,10H,8-9,15H2,1-3H3. The Morgan fingerprint density at radius 1 is 1.27 bits per heavy atom. The number of hydrogen-bond acceptors (Lipinski definition) is 1. The van der Waals surface area contributed by atoms with Gasteiger partial charge >= 0.3 is 0 Å². The zero-order chi connectivity index (χ0) is 11.5. The molecular formula is C13H20IN. The quantitative estimate of drug-likeness (QED) is 0.846. The lowest BCUT2D eigenvalue weighted by molar-refractivity contribution is 0.227. The van der Waals surface area contributed by atoms with Gasteiger partial charge in [-0.25, -0.2) is 0 Å². The fraction of sp³-hybridized carbons (Fsp3) is 0.538. The Labute approximate surface area is 107 Å². The highest BCUT2D eigenvalue weighted by atomic mass is 127. The second kappa shape index (κ2) is 5.30. The summed E-state index contributed by atoms with van der Waals surface area (Å²) in [7, 11) is 0. The van der Waals surface area contributed by atoms with E-state index in [2.05, 4.69) is 67.6 Å². The summed E-state index contributed by atoms with van der Waals surface area (Å²) in [4.78, 5) is 0. The first-order valence-electron chi connectivity index (χ1n) is 5.42. The lowest BCUT2D eigenvalue weighted by Gasteiger charge is -2.32. The highest BCUT2D eigenvalue weighted by Crippen LogP contribution is 2.30. The molecule has 0 amide bonds. The number of nitrogens with two attached hydrogens (primary N) is 1. The maximum Gasteiger partial charge on any atom is 0.0130 e. The minimum atomic E-state index is 0.215. The molecule has 0 aromatic heterocycles. The van der Waals surface area contributed by atoms with Gasteiger partial charge < -0.3 is 5.73 Å². The fourth-order valence-electron chi connectivity index (χ4n) is 1.58. The smallest absolute Gasteiger partial charge is 0.0130 e. The van der Waals surface area contributed by atoms with E-state index in [0.29, 0.717) is 5.92 Å². The molecule has 0 radical (unpaired) electrons. The van der Waals surface area contributed by atoms with E-state index in [0.717, 1.165) is 13.0 Å². The summed E-state index contributed by atoms with van der Waals surface area (Å²) in [6.45, 7) is 7.52. The molecule has 0 aliphatic heterocycles. The molecule has 0 heterocycles. The zero-order valence-electron chi connectivity index (χ0n) is 9.76. The third-order valence-electron chi connectivity index (χ3n) is 3.38. The normalized spacial score (nSPS) is 15.3. The fourth-order valence-corrected chi connectivity index (χ4v) is 1.94. The Kier molecular flexibility index (Phi) is 4.59. The van der Waals surface area contributed by atoms with Gasteiger partial charge in [-0.2, -0.15) is 0 Å². The second-order valence-electron chi connectivity index (χ2n) is 4.82. The van der Waals surface area contributed by atoms with Gasteiger partial charge in [-0.05, 0) is 64.6 Å². The summed E-state index contributed by atoms with van der Waals surface area (Å²) in [6, 6.07) is 8.73. The molecule has 0 spiro atoms. The van der Waals surface area contributed by atoms with E-state index in [9.17, 15) is 0 Å². The molecule has 0 bridgehead atoms. The van der Waals surface area contributed by atoms with Crippen molar-refractivity contribution in [1.29, 1.82) is 0 Å². The van der Waals surface area contributed by atoms with Crippen molar-refractivity contribution in [2.45, 2.75) is 27.2 Å². The number of hydrogen-bond donors (Lipinski definition) is 1. The Balaban J connectivity index is 2.79. The molecule has 2 N–H and O–H groups in total. The van der Waals surface area contributed by atoms with Crippen molar-refractivity contribution >= 4 is 22.6 Å². The largest absolute Gasteiger partial charge is 0.330 e. The molecular weight excluding hydrogens is 297 g/mol. The van der Waals surface area contributed by atoms with Crippen LogP contribution in [0.3, 0.4) is 0 Å². The first-order valence-corrected chi connectivity index (χ1v) is 6.50. The molecule has 2 heteroatoms.